The monoisotopic (exact) mass is 289 g/mol. The molecule has 1 aromatic heterocycles. The average Bonchev–Trinajstić information content (AvgIpc) is 3.10. The minimum atomic E-state index is -0.109. The van der Waals surface area contributed by atoms with E-state index in [-0.39, 0.29) is 17.9 Å². The normalized spacial score (nSPS) is 33.0. The molecule has 1 saturated heterocycles. The Morgan fingerprint density at radius 1 is 1.48 bits per heavy atom. The van der Waals surface area contributed by atoms with E-state index in [2.05, 4.69) is 25.8 Å². The summed E-state index contributed by atoms with van der Waals surface area (Å²) in [5.41, 5.74) is 1.14. The Morgan fingerprint density at radius 3 is 2.86 bits per heavy atom. The lowest BCUT2D eigenvalue weighted by Gasteiger charge is -2.40. The average molecular weight is 289 g/mol. The molecular weight excluding hydrogens is 266 g/mol. The lowest BCUT2D eigenvalue weighted by molar-refractivity contribution is -0.133. The topological polar surface area (TPSA) is 49.1 Å². The minimum Gasteiger partial charge on any atom is -0.467 e. The van der Waals surface area contributed by atoms with Crippen molar-refractivity contribution in [3.05, 3.63) is 24.2 Å². The van der Waals surface area contributed by atoms with Gasteiger partial charge in [-0.25, -0.2) is 5.01 Å². The van der Waals surface area contributed by atoms with Crippen molar-refractivity contribution in [1.82, 2.24) is 9.91 Å². The van der Waals surface area contributed by atoms with Crippen LogP contribution in [0.3, 0.4) is 0 Å². The van der Waals surface area contributed by atoms with Gasteiger partial charge < -0.3 is 9.32 Å². The van der Waals surface area contributed by atoms with Gasteiger partial charge in [0.15, 0.2) is 0 Å². The molecule has 0 aromatic carbocycles. The van der Waals surface area contributed by atoms with Gasteiger partial charge in [-0.05, 0) is 26.1 Å². The van der Waals surface area contributed by atoms with Crippen LogP contribution in [0.4, 0.5) is 0 Å². The maximum Gasteiger partial charge on any atom is 0.243 e. The van der Waals surface area contributed by atoms with E-state index < -0.39 is 0 Å². The number of rotatable bonds is 2. The fourth-order valence-corrected chi connectivity index (χ4v) is 3.60. The van der Waals surface area contributed by atoms with E-state index in [9.17, 15) is 4.79 Å². The van der Waals surface area contributed by atoms with Crippen LogP contribution < -0.4 is 0 Å². The summed E-state index contributed by atoms with van der Waals surface area (Å²) in [6, 6.07) is 4.06. The highest BCUT2D eigenvalue weighted by Gasteiger charge is 2.49. The van der Waals surface area contributed by atoms with E-state index in [4.69, 9.17) is 9.52 Å². The predicted octanol–water partition coefficient (Wildman–Crippen LogP) is 2.52. The number of hydrazone groups is 1. The third-order valence-electron chi connectivity index (χ3n) is 4.84. The number of hydrogen-bond acceptors (Lipinski definition) is 4. The van der Waals surface area contributed by atoms with Crippen LogP contribution in [0.15, 0.2) is 27.9 Å². The molecule has 114 valence electrons. The molecule has 1 fully saturated rings. The van der Waals surface area contributed by atoms with Crippen LogP contribution in [0.25, 0.3) is 0 Å². The predicted molar refractivity (Wildman–Crippen MR) is 80.8 cm³/mol. The van der Waals surface area contributed by atoms with Crippen molar-refractivity contribution in [3.8, 4) is 0 Å². The molecule has 21 heavy (non-hydrogen) atoms. The molecule has 0 saturated carbocycles. The van der Waals surface area contributed by atoms with E-state index in [1.54, 1.807) is 11.3 Å². The van der Waals surface area contributed by atoms with Crippen LogP contribution in [0.2, 0.25) is 0 Å². The second kappa shape index (κ2) is 5.30. The standard InChI is InChI=1S/C16H23N3O2/c1-5-13(20)19-16(12-7-6-8-21-12)14-11(3)18(4)9-10(2)15(14)17-19/h6-8,10-11,14,16H,5,9H2,1-4H3/t10-,11-,14+,16-/m0/s1. The van der Waals surface area contributed by atoms with Gasteiger partial charge in [0.2, 0.25) is 5.91 Å². The Balaban J connectivity index is 2.04. The number of carbonyl (C=O) groups is 1. The van der Waals surface area contributed by atoms with Crippen molar-refractivity contribution >= 4 is 11.6 Å². The zero-order valence-electron chi connectivity index (χ0n) is 13.1. The first kappa shape index (κ1) is 14.3. The van der Waals surface area contributed by atoms with E-state index >= 15 is 0 Å². The maximum atomic E-state index is 12.3. The number of amides is 1. The van der Waals surface area contributed by atoms with Crippen LogP contribution in [-0.2, 0) is 4.79 Å². The summed E-state index contributed by atoms with van der Waals surface area (Å²) >= 11 is 0. The zero-order valence-corrected chi connectivity index (χ0v) is 13.1. The van der Waals surface area contributed by atoms with Crippen LogP contribution in [0.5, 0.6) is 0 Å². The second-order valence-electron chi connectivity index (χ2n) is 6.18. The lowest BCUT2D eigenvalue weighted by Crippen LogP contribution is -2.51. The summed E-state index contributed by atoms with van der Waals surface area (Å²) in [7, 11) is 2.14. The van der Waals surface area contributed by atoms with Crippen molar-refractivity contribution in [2.75, 3.05) is 13.6 Å². The van der Waals surface area contributed by atoms with Gasteiger partial charge in [-0.15, -0.1) is 0 Å². The second-order valence-corrected chi connectivity index (χ2v) is 6.18. The minimum absolute atomic E-state index is 0.0559. The molecule has 0 unspecified atom stereocenters. The third kappa shape index (κ3) is 2.20. The van der Waals surface area contributed by atoms with E-state index in [0.29, 0.717) is 18.4 Å². The molecule has 0 aliphatic carbocycles. The van der Waals surface area contributed by atoms with E-state index in [0.717, 1.165) is 18.0 Å². The number of hydrogen-bond donors (Lipinski definition) is 0. The molecule has 0 spiro atoms. The summed E-state index contributed by atoms with van der Waals surface area (Å²) < 4.78 is 5.62. The van der Waals surface area contributed by atoms with Crippen molar-refractivity contribution in [2.45, 2.75) is 39.3 Å². The van der Waals surface area contributed by atoms with Gasteiger partial charge in [0, 0.05) is 36.6 Å². The molecular formula is C16H23N3O2. The Morgan fingerprint density at radius 2 is 2.24 bits per heavy atom. The zero-order chi connectivity index (χ0) is 15.1. The first-order valence-corrected chi connectivity index (χ1v) is 7.68. The molecule has 4 atom stereocenters. The molecule has 0 N–H and O–H groups in total. The van der Waals surface area contributed by atoms with Gasteiger partial charge in [0.25, 0.3) is 0 Å². The number of piperidine rings is 1. The van der Waals surface area contributed by atoms with Gasteiger partial charge in [-0.1, -0.05) is 13.8 Å². The Bertz CT molecular complexity index is 552. The van der Waals surface area contributed by atoms with E-state index in [1.165, 1.54) is 0 Å². The molecule has 0 bridgehead atoms. The SMILES string of the molecule is CCC(=O)N1N=C2[C@@H]([C@H](C)N(C)C[C@@H]2C)[C@@H]1c1ccco1. The first-order valence-electron chi connectivity index (χ1n) is 7.68. The molecule has 3 heterocycles. The van der Waals surface area contributed by atoms with Gasteiger partial charge >= 0.3 is 0 Å². The van der Waals surface area contributed by atoms with E-state index in [1.807, 2.05) is 19.1 Å². The summed E-state index contributed by atoms with van der Waals surface area (Å²) in [6.07, 6.45) is 2.13. The van der Waals surface area contributed by atoms with Crippen molar-refractivity contribution in [1.29, 1.82) is 0 Å². The smallest absolute Gasteiger partial charge is 0.243 e. The van der Waals surface area contributed by atoms with Crippen LogP contribution in [0, 0.1) is 11.8 Å². The van der Waals surface area contributed by atoms with Gasteiger partial charge in [-0.3, -0.25) is 4.79 Å². The largest absolute Gasteiger partial charge is 0.467 e. The van der Waals surface area contributed by atoms with Crippen molar-refractivity contribution < 1.29 is 9.21 Å². The molecule has 2 aliphatic rings. The molecule has 1 amide bonds. The van der Waals surface area contributed by atoms with Crippen molar-refractivity contribution in [3.63, 3.8) is 0 Å². The van der Waals surface area contributed by atoms with Crippen molar-refractivity contribution in [2.24, 2.45) is 16.9 Å². The third-order valence-corrected chi connectivity index (χ3v) is 4.84. The fraction of sp³-hybridized carbons (Fsp3) is 0.625. The van der Waals surface area contributed by atoms with Gasteiger partial charge in [0.1, 0.15) is 11.8 Å². The number of carbonyl (C=O) groups excluding carboxylic acids is 1. The lowest BCUT2D eigenvalue weighted by atomic mass is 9.78. The number of likely N-dealkylation sites (tertiary alicyclic amines) is 1. The molecule has 1 aromatic rings. The van der Waals surface area contributed by atoms with Gasteiger partial charge in [0.05, 0.1) is 6.26 Å². The highest BCUT2D eigenvalue weighted by atomic mass is 16.3. The van der Waals surface area contributed by atoms with Gasteiger partial charge in [-0.2, -0.15) is 5.10 Å². The summed E-state index contributed by atoms with van der Waals surface area (Å²) in [4.78, 5) is 14.7. The van der Waals surface area contributed by atoms with Crippen LogP contribution >= 0.6 is 0 Å². The quantitative estimate of drug-likeness (QED) is 0.840. The highest BCUT2D eigenvalue weighted by molar-refractivity contribution is 5.94. The number of fused-ring (bicyclic) bond motifs is 1. The number of furan rings is 1. The Labute approximate surface area is 125 Å². The van der Waals surface area contributed by atoms with Crippen LogP contribution in [0.1, 0.15) is 39.0 Å². The Kier molecular flexibility index (Phi) is 3.61. The molecule has 2 aliphatic heterocycles. The summed E-state index contributed by atoms with van der Waals surface area (Å²) in [5, 5.41) is 6.36. The number of nitrogens with zero attached hydrogens (tertiary/aromatic N) is 3. The first-order chi connectivity index (χ1) is 10.0. The maximum absolute atomic E-state index is 12.3. The summed E-state index contributed by atoms with van der Waals surface area (Å²) in [6.45, 7) is 7.26. The Hall–Kier alpha value is -1.62. The molecule has 3 rings (SSSR count). The van der Waals surface area contributed by atoms with Crippen LogP contribution in [-0.4, -0.2) is 41.2 Å². The highest BCUT2D eigenvalue weighted by Crippen LogP contribution is 2.43. The summed E-state index contributed by atoms with van der Waals surface area (Å²) in [5.74, 6) is 1.46. The molecule has 5 nitrogen and oxygen atoms in total. The fourth-order valence-electron chi connectivity index (χ4n) is 3.60. The molecule has 0 radical (unpaired) electrons. The molecule has 5 heteroatoms.